The quantitative estimate of drug-likeness (QED) is 0.900. The van der Waals surface area contributed by atoms with Gasteiger partial charge in [-0.2, -0.15) is 0 Å². The Kier molecular flexibility index (Phi) is 3.74. The number of benzene rings is 1. The molecular weight excluding hydrogens is 255 g/mol. The van der Waals surface area contributed by atoms with Crippen LogP contribution in [0.1, 0.15) is 41.6 Å². The standard InChI is InChI=1S/C16H21FN2O/c1-11-10-12(17)6-7-13(11)16(20)19-9-3-5-15(19)14-4-2-8-18-14/h6-7,10,14-15,18H,2-5,8-9H2,1H3. The SMILES string of the molecule is Cc1cc(F)ccc1C(=O)N1CCCC1C1CCCN1. The zero-order valence-electron chi connectivity index (χ0n) is 11.9. The van der Waals surface area contributed by atoms with Crippen molar-refractivity contribution in [2.75, 3.05) is 13.1 Å². The molecule has 1 amide bonds. The molecule has 2 fully saturated rings. The van der Waals surface area contributed by atoms with Gasteiger partial charge in [0, 0.05) is 24.2 Å². The summed E-state index contributed by atoms with van der Waals surface area (Å²) in [5.41, 5.74) is 1.36. The molecule has 0 saturated carbocycles. The van der Waals surface area contributed by atoms with Crippen molar-refractivity contribution in [3.05, 3.63) is 35.1 Å². The number of nitrogens with zero attached hydrogens (tertiary/aromatic N) is 1. The van der Waals surface area contributed by atoms with Crippen LogP contribution in [0.3, 0.4) is 0 Å². The van der Waals surface area contributed by atoms with E-state index in [9.17, 15) is 9.18 Å². The number of amides is 1. The molecule has 0 radical (unpaired) electrons. The predicted molar refractivity (Wildman–Crippen MR) is 76.2 cm³/mol. The van der Waals surface area contributed by atoms with Crippen molar-refractivity contribution >= 4 is 5.91 Å². The number of likely N-dealkylation sites (tertiary alicyclic amines) is 1. The maximum Gasteiger partial charge on any atom is 0.254 e. The Hall–Kier alpha value is -1.42. The molecule has 1 N–H and O–H groups in total. The fraction of sp³-hybridized carbons (Fsp3) is 0.562. The maximum atomic E-state index is 13.2. The zero-order chi connectivity index (χ0) is 14.1. The highest BCUT2D eigenvalue weighted by atomic mass is 19.1. The van der Waals surface area contributed by atoms with Gasteiger partial charge in [0.05, 0.1) is 0 Å². The number of aryl methyl sites for hydroxylation is 1. The summed E-state index contributed by atoms with van der Waals surface area (Å²) in [7, 11) is 0. The first-order valence-corrected chi connectivity index (χ1v) is 7.47. The van der Waals surface area contributed by atoms with E-state index in [0.717, 1.165) is 37.9 Å². The van der Waals surface area contributed by atoms with Crippen LogP contribution < -0.4 is 5.32 Å². The van der Waals surface area contributed by atoms with E-state index < -0.39 is 0 Å². The van der Waals surface area contributed by atoms with Gasteiger partial charge in [-0.15, -0.1) is 0 Å². The Balaban J connectivity index is 1.81. The molecule has 0 aliphatic carbocycles. The van der Waals surface area contributed by atoms with E-state index in [-0.39, 0.29) is 11.7 Å². The first kappa shape index (κ1) is 13.6. The summed E-state index contributed by atoms with van der Waals surface area (Å²) in [4.78, 5) is 14.7. The van der Waals surface area contributed by atoms with Gasteiger partial charge in [0.15, 0.2) is 0 Å². The van der Waals surface area contributed by atoms with Crippen LogP contribution in [-0.4, -0.2) is 36.0 Å². The third-order valence-electron chi connectivity index (χ3n) is 4.54. The number of nitrogens with one attached hydrogen (secondary N) is 1. The molecule has 2 aliphatic heterocycles. The van der Waals surface area contributed by atoms with E-state index in [1.807, 2.05) is 4.90 Å². The number of rotatable bonds is 2. The summed E-state index contributed by atoms with van der Waals surface area (Å²) in [6, 6.07) is 5.16. The monoisotopic (exact) mass is 276 g/mol. The molecule has 2 aliphatic rings. The summed E-state index contributed by atoms with van der Waals surface area (Å²) in [5, 5.41) is 3.50. The first-order chi connectivity index (χ1) is 9.66. The number of hydrogen-bond acceptors (Lipinski definition) is 2. The van der Waals surface area contributed by atoms with Crippen LogP contribution >= 0.6 is 0 Å². The van der Waals surface area contributed by atoms with Crippen molar-refractivity contribution in [1.29, 1.82) is 0 Å². The molecule has 20 heavy (non-hydrogen) atoms. The Morgan fingerprint density at radius 3 is 2.90 bits per heavy atom. The molecule has 0 bridgehead atoms. The average Bonchev–Trinajstić information content (AvgIpc) is 3.09. The number of carbonyl (C=O) groups excluding carboxylic acids is 1. The first-order valence-electron chi connectivity index (χ1n) is 7.47. The van der Waals surface area contributed by atoms with Crippen LogP contribution in [0, 0.1) is 12.7 Å². The summed E-state index contributed by atoms with van der Waals surface area (Å²) in [6.45, 7) is 3.67. The topological polar surface area (TPSA) is 32.3 Å². The average molecular weight is 276 g/mol. The van der Waals surface area contributed by atoms with Gasteiger partial charge in [-0.1, -0.05) is 0 Å². The molecule has 2 atom stereocenters. The van der Waals surface area contributed by atoms with E-state index in [1.54, 1.807) is 13.0 Å². The van der Waals surface area contributed by atoms with Crippen LogP contribution in [-0.2, 0) is 0 Å². The third kappa shape index (κ3) is 2.44. The molecule has 1 aromatic rings. The van der Waals surface area contributed by atoms with Crippen LogP contribution in [0.4, 0.5) is 4.39 Å². The van der Waals surface area contributed by atoms with Gasteiger partial charge < -0.3 is 10.2 Å². The zero-order valence-corrected chi connectivity index (χ0v) is 11.9. The lowest BCUT2D eigenvalue weighted by atomic mass is 10.0. The lowest BCUT2D eigenvalue weighted by molar-refractivity contribution is 0.0710. The second-order valence-corrected chi connectivity index (χ2v) is 5.87. The molecule has 4 heteroatoms. The maximum absolute atomic E-state index is 13.2. The van der Waals surface area contributed by atoms with E-state index in [4.69, 9.17) is 0 Å². The Morgan fingerprint density at radius 2 is 2.20 bits per heavy atom. The third-order valence-corrected chi connectivity index (χ3v) is 4.54. The Bertz CT molecular complexity index is 511. The summed E-state index contributed by atoms with van der Waals surface area (Å²) in [5.74, 6) is -0.229. The molecular formula is C16H21FN2O. The van der Waals surface area contributed by atoms with E-state index in [1.165, 1.54) is 18.6 Å². The number of carbonyl (C=O) groups is 1. The molecule has 1 aromatic carbocycles. The summed E-state index contributed by atoms with van der Waals surface area (Å²) < 4.78 is 13.2. The smallest absolute Gasteiger partial charge is 0.254 e. The van der Waals surface area contributed by atoms with Crippen LogP contribution in [0.5, 0.6) is 0 Å². The van der Waals surface area contributed by atoms with Crippen LogP contribution in [0.25, 0.3) is 0 Å². The molecule has 0 spiro atoms. The largest absolute Gasteiger partial charge is 0.334 e. The minimum absolute atomic E-state index is 0.0544. The van der Waals surface area contributed by atoms with E-state index in [0.29, 0.717) is 17.6 Å². The highest BCUT2D eigenvalue weighted by Crippen LogP contribution is 2.27. The normalized spacial score (nSPS) is 26.2. The van der Waals surface area contributed by atoms with Crippen molar-refractivity contribution in [2.45, 2.75) is 44.7 Å². The van der Waals surface area contributed by atoms with Gasteiger partial charge in [0.1, 0.15) is 5.82 Å². The van der Waals surface area contributed by atoms with Gasteiger partial charge in [-0.05, 0) is 62.9 Å². The number of hydrogen-bond donors (Lipinski definition) is 1. The molecule has 3 rings (SSSR count). The van der Waals surface area contributed by atoms with Crippen molar-refractivity contribution in [3.8, 4) is 0 Å². The van der Waals surface area contributed by atoms with Gasteiger partial charge in [0.25, 0.3) is 5.91 Å². The van der Waals surface area contributed by atoms with Crippen molar-refractivity contribution in [2.24, 2.45) is 0 Å². The van der Waals surface area contributed by atoms with E-state index in [2.05, 4.69) is 5.32 Å². The van der Waals surface area contributed by atoms with Gasteiger partial charge in [-0.25, -0.2) is 4.39 Å². The predicted octanol–water partition coefficient (Wildman–Crippen LogP) is 2.49. The molecule has 2 heterocycles. The Labute approximate surface area is 119 Å². The summed E-state index contributed by atoms with van der Waals surface area (Å²) >= 11 is 0. The lowest BCUT2D eigenvalue weighted by Gasteiger charge is -2.30. The fourth-order valence-electron chi connectivity index (χ4n) is 3.52. The minimum atomic E-state index is -0.283. The Morgan fingerprint density at radius 1 is 1.35 bits per heavy atom. The number of halogens is 1. The summed E-state index contributed by atoms with van der Waals surface area (Å²) in [6.07, 6.45) is 4.48. The minimum Gasteiger partial charge on any atom is -0.334 e. The second-order valence-electron chi connectivity index (χ2n) is 5.87. The molecule has 108 valence electrons. The molecule has 2 saturated heterocycles. The van der Waals surface area contributed by atoms with Gasteiger partial charge >= 0.3 is 0 Å². The van der Waals surface area contributed by atoms with Crippen molar-refractivity contribution < 1.29 is 9.18 Å². The van der Waals surface area contributed by atoms with Crippen molar-refractivity contribution in [3.63, 3.8) is 0 Å². The van der Waals surface area contributed by atoms with Gasteiger partial charge in [0.2, 0.25) is 0 Å². The van der Waals surface area contributed by atoms with Gasteiger partial charge in [-0.3, -0.25) is 4.79 Å². The highest BCUT2D eigenvalue weighted by Gasteiger charge is 2.36. The molecule has 3 nitrogen and oxygen atoms in total. The lowest BCUT2D eigenvalue weighted by Crippen LogP contribution is -2.46. The van der Waals surface area contributed by atoms with Crippen LogP contribution in [0.2, 0.25) is 0 Å². The highest BCUT2D eigenvalue weighted by molar-refractivity contribution is 5.96. The van der Waals surface area contributed by atoms with E-state index >= 15 is 0 Å². The van der Waals surface area contributed by atoms with Crippen LogP contribution in [0.15, 0.2) is 18.2 Å². The molecule has 2 unspecified atom stereocenters. The fourth-order valence-corrected chi connectivity index (χ4v) is 3.52. The molecule has 0 aromatic heterocycles. The van der Waals surface area contributed by atoms with Crippen molar-refractivity contribution in [1.82, 2.24) is 10.2 Å². The second kappa shape index (κ2) is 5.52.